The van der Waals surface area contributed by atoms with E-state index in [-0.39, 0.29) is 23.8 Å². The van der Waals surface area contributed by atoms with Gasteiger partial charge in [-0.3, -0.25) is 24.7 Å². The van der Waals surface area contributed by atoms with Crippen LogP contribution in [-0.4, -0.2) is 37.9 Å². The van der Waals surface area contributed by atoms with Crippen molar-refractivity contribution in [2.24, 2.45) is 4.99 Å². The van der Waals surface area contributed by atoms with Crippen LogP contribution in [0, 0.1) is 0 Å². The molecular formula is C23H22F3N5O3S. The van der Waals surface area contributed by atoms with Gasteiger partial charge in [0.05, 0.1) is 17.1 Å². The lowest BCUT2D eigenvalue weighted by Crippen LogP contribution is -2.48. The molecule has 12 heteroatoms. The smallest absolute Gasteiger partial charge is 0.290 e. The van der Waals surface area contributed by atoms with Crippen LogP contribution in [0.4, 0.5) is 30.2 Å². The van der Waals surface area contributed by atoms with Gasteiger partial charge >= 0.3 is 22.3 Å². The van der Waals surface area contributed by atoms with Gasteiger partial charge in [-0.2, -0.15) is 26.6 Å². The topological polar surface area (TPSA) is 103 Å². The molecule has 3 rings (SSSR count). The first-order valence-corrected chi connectivity index (χ1v) is 11.8. The number of nitrogens with one attached hydrogen (secondary N) is 3. The number of hydrogen-bond donors (Lipinski definition) is 3. The van der Waals surface area contributed by atoms with Crippen LogP contribution in [0.5, 0.6) is 0 Å². The number of para-hydroxylation sites is 1. The maximum absolute atomic E-state index is 13.4. The second kappa shape index (κ2) is 10.9. The van der Waals surface area contributed by atoms with Gasteiger partial charge < -0.3 is 0 Å². The fourth-order valence-corrected chi connectivity index (χ4v) is 3.88. The van der Waals surface area contributed by atoms with E-state index >= 15 is 0 Å². The summed E-state index contributed by atoms with van der Waals surface area (Å²) in [6, 6.07) is 21.5. The van der Waals surface area contributed by atoms with Crippen molar-refractivity contribution >= 4 is 39.0 Å². The molecule has 0 aliphatic carbocycles. The quantitative estimate of drug-likeness (QED) is 0.236. The molecule has 3 N–H and O–H groups in total. The number of amidine groups is 1. The first-order valence-electron chi connectivity index (χ1n) is 10.3. The molecule has 0 heterocycles. The van der Waals surface area contributed by atoms with Gasteiger partial charge in [-0.1, -0.05) is 48.5 Å². The van der Waals surface area contributed by atoms with Gasteiger partial charge in [0.25, 0.3) is 0 Å². The van der Waals surface area contributed by atoms with Crippen molar-refractivity contribution in [3.05, 3.63) is 90.5 Å². The number of rotatable bonds is 8. The molecule has 0 fully saturated rings. The summed E-state index contributed by atoms with van der Waals surface area (Å²) in [7, 11) is -3.97. The van der Waals surface area contributed by atoms with Gasteiger partial charge in [0.15, 0.2) is 5.84 Å². The number of aliphatic imine (C=N–C) groups is 1. The number of carbonyl (C=O) groups excluding carboxylic acids is 1. The number of alkyl halides is 3. The van der Waals surface area contributed by atoms with Gasteiger partial charge in [0.2, 0.25) is 0 Å². The predicted octanol–water partition coefficient (Wildman–Crippen LogP) is 4.64. The summed E-state index contributed by atoms with van der Waals surface area (Å²) in [6.07, 6.45) is -5.17. The molecule has 0 aliphatic heterocycles. The van der Waals surface area contributed by atoms with Crippen molar-refractivity contribution < 1.29 is 26.4 Å². The van der Waals surface area contributed by atoms with Gasteiger partial charge in [-0.25, -0.2) is 0 Å². The van der Waals surface area contributed by atoms with Gasteiger partial charge in [-0.05, 0) is 43.3 Å². The van der Waals surface area contributed by atoms with E-state index < -0.39 is 22.3 Å². The lowest BCUT2D eigenvalue weighted by Gasteiger charge is -2.26. The van der Waals surface area contributed by atoms with Crippen molar-refractivity contribution in [1.29, 1.82) is 0 Å². The Labute approximate surface area is 200 Å². The Hall–Kier alpha value is -4.06. The monoisotopic (exact) mass is 505 g/mol. The summed E-state index contributed by atoms with van der Waals surface area (Å²) in [5.41, 5.74) is 3.34. The van der Waals surface area contributed by atoms with Crippen LogP contribution in [0.25, 0.3) is 0 Å². The van der Waals surface area contributed by atoms with E-state index in [2.05, 4.69) is 19.9 Å². The fourth-order valence-electron chi connectivity index (χ4n) is 2.94. The molecule has 1 amide bonds. The summed E-state index contributed by atoms with van der Waals surface area (Å²) >= 11 is 0. The zero-order valence-corrected chi connectivity index (χ0v) is 19.3. The highest BCUT2D eigenvalue weighted by Crippen LogP contribution is 2.23. The minimum Gasteiger partial charge on any atom is -0.290 e. The second-order valence-electron chi connectivity index (χ2n) is 7.07. The van der Waals surface area contributed by atoms with Crippen LogP contribution in [-0.2, 0) is 15.0 Å². The molecule has 0 aromatic heterocycles. The zero-order chi connectivity index (χ0) is 25.5. The Morgan fingerprint density at radius 2 is 1.31 bits per heavy atom. The van der Waals surface area contributed by atoms with Crippen LogP contribution in [0.3, 0.4) is 0 Å². The molecule has 35 heavy (non-hydrogen) atoms. The van der Waals surface area contributed by atoms with E-state index in [1.165, 1.54) is 36.4 Å². The molecule has 0 bridgehead atoms. The van der Waals surface area contributed by atoms with E-state index in [0.717, 1.165) is 0 Å². The maximum Gasteiger partial charge on any atom is 0.473 e. The molecule has 8 nitrogen and oxygen atoms in total. The van der Waals surface area contributed by atoms with Crippen LogP contribution >= 0.6 is 0 Å². The number of amides is 1. The van der Waals surface area contributed by atoms with Gasteiger partial charge in [0, 0.05) is 12.1 Å². The maximum atomic E-state index is 13.4. The zero-order valence-electron chi connectivity index (χ0n) is 18.5. The molecule has 0 aliphatic rings. The largest absolute Gasteiger partial charge is 0.473 e. The van der Waals surface area contributed by atoms with Gasteiger partial charge in [-0.15, -0.1) is 0 Å². The summed E-state index contributed by atoms with van der Waals surface area (Å²) in [4.78, 5) is 16.3. The van der Waals surface area contributed by atoms with Crippen LogP contribution < -0.4 is 14.9 Å². The average Bonchev–Trinajstić information content (AvgIpc) is 2.82. The Morgan fingerprint density at radius 1 is 0.829 bits per heavy atom. The highest BCUT2D eigenvalue weighted by atomic mass is 32.2. The number of hydrogen-bond acceptors (Lipinski definition) is 5. The minimum atomic E-state index is -5.17. The van der Waals surface area contributed by atoms with E-state index in [1.807, 2.05) is 0 Å². The third-order valence-electron chi connectivity index (χ3n) is 4.40. The van der Waals surface area contributed by atoms with Crippen molar-refractivity contribution in [3.8, 4) is 0 Å². The Balaban J connectivity index is 1.83. The Morgan fingerprint density at radius 3 is 1.83 bits per heavy atom. The molecule has 0 unspecified atom stereocenters. The first-order chi connectivity index (χ1) is 16.6. The van der Waals surface area contributed by atoms with E-state index in [9.17, 15) is 26.4 Å². The third kappa shape index (κ3) is 7.21. The molecule has 184 valence electrons. The lowest BCUT2D eigenvalue weighted by molar-refractivity contribution is -0.180. The number of nitrogens with zero attached hydrogens (tertiary/aromatic N) is 2. The normalized spacial score (nSPS) is 12.1. The Bertz CT molecular complexity index is 1270. The molecule has 0 saturated heterocycles. The molecule has 0 radical (unpaired) electrons. The van der Waals surface area contributed by atoms with E-state index in [0.29, 0.717) is 16.3 Å². The number of anilines is 3. The number of hydrazine groups is 1. The highest BCUT2D eigenvalue weighted by Gasteiger charge is 2.45. The molecule has 3 aromatic rings. The highest BCUT2D eigenvalue weighted by molar-refractivity contribution is 7.94. The standard InChI is InChI=1S/C23H22F3N5O3S/c1-2-27-21(17-9-5-3-6-10-17)31(22(32)23(24,25)26)28-18-13-15-20(16-14-18)30-35(33,34)29-19-11-7-4-8-12-19/h3-16,28-30H,2H2,1H3. The molecule has 0 saturated carbocycles. The number of halogens is 3. The predicted molar refractivity (Wildman–Crippen MR) is 129 cm³/mol. The molecule has 0 atom stereocenters. The second-order valence-corrected chi connectivity index (χ2v) is 8.48. The summed E-state index contributed by atoms with van der Waals surface area (Å²) in [5, 5.41) is 0.328. The molecule has 3 aromatic carbocycles. The molecular weight excluding hydrogens is 483 g/mol. The van der Waals surface area contributed by atoms with Crippen molar-refractivity contribution in [1.82, 2.24) is 5.01 Å². The number of benzene rings is 3. The lowest BCUT2D eigenvalue weighted by atomic mass is 10.2. The number of carbonyl (C=O) groups is 1. The van der Waals surface area contributed by atoms with Crippen LogP contribution in [0.15, 0.2) is 89.9 Å². The average molecular weight is 506 g/mol. The SMILES string of the molecule is CCN=C(c1ccccc1)N(Nc1ccc(NS(=O)(=O)Nc2ccccc2)cc1)C(=O)C(F)(F)F. The Kier molecular flexibility index (Phi) is 7.97. The van der Waals surface area contributed by atoms with E-state index in [1.54, 1.807) is 55.5 Å². The summed E-state index contributed by atoms with van der Waals surface area (Å²) in [6.45, 7) is 1.76. The van der Waals surface area contributed by atoms with Gasteiger partial charge in [0.1, 0.15) is 0 Å². The first kappa shape index (κ1) is 25.6. The van der Waals surface area contributed by atoms with Crippen molar-refractivity contribution in [3.63, 3.8) is 0 Å². The minimum absolute atomic E-state index is 0.0984. The molecule has 0 spiro atoms. The van der Waals surface area contributed by atoms with Crippen LogP contribution in [0.1, 0.15) is 12.5 Å². The third-order valence-corrected chi connectivity index (χ3v) is 5.41. The van der Waals surface area contributed by atoms with E-state index in [4.69, 9.17) is 0 Å². The summed E-state index contributed by atoms with van der Waals surface area (Å²) < 4.78 is 69.4. The summed E-state index contributed by atoms with van der Waals surface area (Å²) in [5.74, 6) is -2.38. The fraction of sp³-hybridized carbons (Fsp3) is 0.130. The van der Waals surface area contributed by atoms with Crippen LogP contribution in [0.2, 0.25) is 0 Å². The van der Waals surface area contributed by atoms with Crippen molar-refractivity contribution in [2.75, 3.05) is 21.4 Å². The van der Waals surface area contributed by atoms with Crippen molar-refractivity contribution in [2.45, 2.75) is 13.1 Å².